The van der Waals surface area contributed by atoms with Crippen LogP contribution in [0.1, 0.15) is 310 Å². The molecular formula is C55H106O6. The summed E-state index contributed by atoms with van der Waals surface area (Å²) in [7, 11) is 0. The van der Waals surface area contributed by atoms with Gasteiger partial charge in [0.15, 0.2) is 6.10 Å². The van der Waals surface area contributed by atoms with E-state index in [1.165, 1.54) is 205 Å². The number of carbonyl (C=O) groups excluding carboxylic acids is 3. The lowest BCUT2D eigenvalue weighted by Crippen LogP contribution is -2.30. The fourth-order valence-corrected chi connectivity index (χ4v) is 8.39. The van der Waals surface area contributed by atoms with Gasteiger partial charge in [0.25, 0.3) is 0 Å². The molecule has 0 rings (SSSR count). The molecule has 0 amide bonds. The van der Waals surface area contributed by atoms with Gasteiger partial charge < -0.3 is 14.2 Å². The van der Waals surface area contributed by atoms with Crippen LogP contribution in [0.25, 0.3) is 0 Å². The molecule has 0 aliphatic carbocycles. The summed E-state index contributed by atoms with van der Waals surface area (Å²) in [6, 6.07) is 0. The van der Waals surface area contributed by atoms with Crippen molar-refractivity contribution in [1.82, 2.24) is 0 Å². The molecule has 0 spiro atoms. The normalized spacial score (nSPS) is 12.0. The van der Waals surface area contributed by atoms with Crippen LogP contribution >= 0.6 is 0 Å². The Hall–Kier alpha value is -1.59. The van der Waals surface area contributed by atoms with Crippen LogP contribution in [0.15, 0.2) is 0 Å². The number of rotatable bonds is 50. The van der Waals surface area contributed by atoms with E-state index in [2.05, 4.69) is 27.7 Å². The predicted octanol–water partition coefficient (Wildman–Crippen LogP) is 17.8. The molecule has 0 aromatic rings. The lowest BCUT2D eigenvalue weighted by molar-refractivity contribution is -0.167. The highest BCUT2D eigenvalue weighted by molar-refractivity contribution is 5.71. The molecule has 0 bridgehead atoms. The molecular weight excluding hydrogens is 757 g/mol. The number of hydrogen-bond donors (Lipinski definition) is 0. The highest BCUT2D eigenvalue weighted by atomic mass is 16.6. The Morgan fingerprint density at radius 1 is 0.311 bits per heavy atom. The van der Waals surface area contributed by atoms with E-state index in [-0.39, 0.29) is 31.1 Å². The Morgan fingerprint density at radius 2 is 0.541 bits per heavy atom. The minimum Gasteiger partial charge on any atom is -0.462 e. The van der Waals surface area contributed by atoms with E-state index >= 15 is 0 Å². The van der Waals surface area contributed by atoms with E-state index < -0.39 is 6.10 Å². The average molecular weight is 863 g/mol. The zero-order valence-corrected chi connectivity index (χ0v) is 41.6. The molecule has 0 aliphatic heterocycles. The van der Waals surface area contributed by atoms with Crippen LogP contribution < -0.4 is 0 Å². The van der Waals surface area contributed by atoms with Gasteiger partial charge in [-0.3, -0.25) is 14.4 Å². The van der Waals surface area contributed by atoms with Gasteiger partial charge in [-0.05, 0) is 25.2 Å². The summed E-state index contributed by atoms with van der Waals surface area (Å²) in [6.45, 7) is 9.02. The molecule has 6 heteroatoms. The van der Waals surface area contributed by atoms with Gasteiger partial charge in [0.1, 0.15) is 13.2 Å². The molecule has 6 nitrogen and oxygen atoms in total. The third-order valence-electron chi connectivity index (χ3n) is 12.5. The molecule has 0 heterocycles. The van der Waals surface area contributed by atoms with E-state index in [0.29, 0.717) is 19.3 Å². The Balaban J connectivity index is 4.16. The zero-order chi connectivity index (χ0) is 44.5. The maximum atomic E-state index is 12.8. The van der Waals surface area contributed by atoms with Crippen molar-refractivity contribution < 1.29 is 28.6 Å². The van der Waals surface area contributed by atoms with Gasteiger partial charge in [-0.1, -0.05) is 272 Å². The number of carbonyl (C=O) groups is 3. The third-order valence-corrected chi connectivity index (χ3v) is 12.5. The van der Waals surface area contributed by atoms with Crippen LogP contribution in [0.2, 0.25) is 0 Å². The minimum absolute atomic E-state index is 0.0627. The lowest BCUT2D eigenvalue weighted by atomic mass is 10.0. The number of ether oxygens (including phenoxy) is 3. The van der Waals surface area contributed by atoms with E-state index in [1.54, 1.807) is 0 Å². The second kappa shape index (κ2) is 49.4. The molecule has 0 aliphatic rings. The van der Waals surface area contributed by atoms with Crippen molar-refractivity contribution in [3.63, 3.8) is 0 Å². The molecule has 362 valence electrons. The van der Waals surface area contributed by atoms with Crippen molar-refractivity contribution >= 4 is 17.9 Å². The average Bonchev–Trinajstić information content (AvgIpc) is 3.24. The van der Waals surface area contributed by atoms with Gasteiger partial charge in [-0.2, -0.15) is 0 Å². The first-order valence-corrected chi connectivity index (χ1v) is 27.4. The van der Waals surface area contributed by atoms with Crippen molar-refractivity contribution in [2.75, 3.05) is 13.2 Å². The molecule has 0 unspecified atom stereocenters. The molecule has 61 heavy (non-hydrogen) atoms. The van der Waals surface area contributed by atoms with Gasteiger partial charge in [0.05, 0.1) is 0 Å². The summed E-state index contributed by atoms with van der Waals surface area (Å²) in [4.78, 5) is 37.9. The van der Waals surface area contributed by atoms with Crippen molar-refractivity contribution in [2.45, 2.75) is 316 Å². The summed E-state index contributed by atoms with van der Waals surface area (Å²) in [5.74, 6) is 0.00482. The van der Waals surface area contributed by atoms with E-state index in [4.69, 9.17) is 14.2 Å². The van der Waals surface area contributed by atoms with Gasteiger partial charge in [0.2, 0.25) is 0 Å². The van der Waals surface area contributed by atoms with Crippen LogP contribution in [0.5, 0.6) is 0 Å². The number of hydrogen-bond acceptors (Lipinski definition) is 6. The van der Waals surface area contributed by atoms with Crippen molar-refractivity contribution in [2.24, 2.45) is 5.92 Å². The van der Waals surface area contributed by atoms with Crippen LogP contribution in [-0.4, -0.2) is 37.2 Å². The van der Waals surface area contributed by atoms with E-state index in [9.17, 15) is 14.4 Å². The Labute approximate surface area is 380 Å². The van der Waals surface area contributed by atoms with E-state index in [0.717, 1.165) is 63.7 Å². The summed E-state index contributed by atoms with van der Waals surface area (Å²) < 4.78 is 16.8. The van der Waals surface area contributed by atoms with Gasteiger partial charge in [-0.25, -0.2) is 0 Å². The molecule has 0 aromatic carbocycles. The molecule has 0 fully saturated rings. The van der Waals surface area contributed by atoms with Crippen LogP contribution in [-0.2, 0) is 28.6 Å². The Bertz CT molecular complexity index is 918. The standard InChI is InChI=1S/C55H106O6/c1-5-7-9-11-13-14-15-16-17-18-22-25-28-31-35-39-43-47-54(57)60-50-52(49-59-53(56)46-42-38-33-12-10-8-6-2)61-55(58)48-44-40-36-32-29-26-23-20-19-21-24-27-30-34-37-41-45-51(3)4/h51-52H,5-50H2,1-4H3/t52-/m0/s1. The van der Waals surface area contributed by atoms with Crippen molar-refractivity contribution in [3.05, 3.63) is 0 Å². The fraction of sp³-hybridized carbons (Fsp3) is 0.945. The molecule has 0 saturated heterocycles. The van der Waals surface area contributed by atoms with Crippen molar-refractivity contribution in [3.8, 4) is 0 Å². The first-order chi connectivity index (χ1) is 29.9. The molecule has 0 N–H and O–H groups in total. The smallest absolute Gasteiger partial charge is 0.306 e. The summed E-state index contributed by atoms with van der Waals surface area (Å²) in [5, 5.41) is 0. The molecule has 0 radical (unpaired) electrons. The largest absolute Gasteiger partial charge is 0.462 e. The van der Waals surface area contributed by atoms with Crippen LogP contribution in [0.4, 0.5) is 0 Å². The Kier molecular flexibility index (Phi) is 48.1. The first-order valence-electron chi connectivity index (χ1n) is 27.4. The van der Waals surface area contributed by atoms with Crippen molar-refractivity contribution in [1.29, 1.82) is 0 Å². The highest BCUT2D eigenvalue weighted by Gasteiger charge is 2.19. The second-order valence-corrected chi connectivity index (χ2v) is 19.3. The zero-order valence-electron chi connectivity index (χ0n) is 41.6. The molecule has 0 saturated carbocycles. The molecule has 1 atom stereocenters. The molecule has 0 aromatic heterocycles. The maximum absolute atomic E-state index is 12.8. The Morgan fingerprint density at radius 3 is 0.803 bits per heavy atom. The van der Waals surface area contributed by atoms with Crippen LogP contribution in [0.3, 0.4) is 0 Å². The number of esters is 3. The lowest BCUT2D eigenvalue weighted by Gasteiger charge is -2.18. The minimum atomic E-state index is -0.760. The van der Waals surface area contributed by atoms with Gasteiger partial charge >= 0.3 is 17.9 Å². The third kappa shape index (κ3) is 49.3. The summed E-state index contributed by atoms with van der Waals surface area (Å²) >= 11 is 0. The van der Waals surface area contributed by atoms with E-state index in [1.807, 2.05) is 0 Å². The van der Waals surface area contributed by atoms with Crippen LogP contribution in [0, 0.1) is 5.92 Å². The van der Waals surface area contributed by atoms with Gasteiger partial charge in [-0.15, -0.1) is 0 Å². The second-order valence-electron chi connectivity index (χ2n) is 19.3. The first kappa shape index (κ1) is 59.4. The topological polar surface area (TPSA) is 78.9 Å². The SMILES string of the molecule is CCCCCCCCCCCCCCCCCCCC(=O)OC[C@H](COC(=O)CCCCCCCCC)OC(=O)CCCCCCCCCCCCCCCCCCC(C)C. The monoisotopic (exact) mass is 863 g/mol. The summed E-state index contributed by atoms with van der Waals surface area (Å²) in [5.41, 5.74) is 0. The highest BCUT2D eigenvalue weighted by Crippen LogP contribution is 2.18. The fourth-order valence-electron chi connectivity index (χ4n) is 8.39. The summed E-state index contributed by atoms with van der Waals surface area (Å²) in [6.07, 6.45) is 52.5. The van der Waals surface area contributed by atoms with Gasteiger partial charge in [0, 0.05) is 19.3 Å². The maximum Gasteiger partial charge on any atom is 0.306 e. The quantitative estimate of drug-likeness (QED) is 0.0344. The number of unbranched alkanes of at least 4 members (excludes halogenated alkanes) is 37. The predicted molar refractivity (Wildman–Crippen MR) is 261 cm³/mol.